The van der Waals surface area contributed by atoms with Gasteiger partial charge < -0.3 is 10.6 Å². The van der Waals surface area contributed by atoms with Gasteiger partial charge in [0, 0.05) is 30.3 Å². The summed E-state index contributed by atoms with van der Waals surface area (Å²) in [6, 6.07) is 3.94. The summed E-state index contributed by atoms with van der Waals surface area (Å²) >= 11 is 0. The van der Waals surface area contributed by atoms with Crippen LogP contribution in [0.15, 0.2) is 18.5 Å². The van der Waals surface area contributed by atoms with Crippen molar-refractivity contribution in [2.75, 3.05) is 10.6 Å². The number of fused-ring (bicyclic) bond motifs is 1. The van der Waals surface area contributed by atoms with Gasteiger partial charge in [0.15, 0.2) is 0 Å². The van der Waals surface area contributed by atoms with Crippen molar-refractivity contribution >= 4 is 23.2 Å². The number of hydrogen-bond donors (Lipinski definition) is 2. The molecule has 2 heterocycles. The largest absolute Gasteiger partial charge is 0.326 e. The van der Waals surface area contributed by atoms with Gasteiger partial charge in [0.05, 0.1) is 5.92 Å². The first-order valence-corrected chi connectivity index (χ1v) is 9.69. The van der Waals surface area contributed by atoms with E-state index in [-0.39, 0.29) is 23.7 Å². The SMILES string of the molecule is CCn1ncnc1[C@H]1CC(=O)Nc2cc(NC(=O)C3CCCC3)c(C)cc21. The summed E-state index contributed by atoms with van der Waals surface area (Å²) in [5.74, 6) is 0.811. The monoisotopic (exact) mass is 367 g/mol. The predicted molar refractivity (Wildman–Crippen MR) is 103 cm³/mol. The summed E-state index contributed by atoms with van der Waals surface area (Å²) < 4.78 is 1.83. The fourth-order valence-corrected chi connectivity index (χ4v) is 4.20. The Labute approximate surface area is 158 Å². The standard InChI is InChI=1S/C20H25N5O2/c1-3-25-19(21-11-22-25)15-9-18(26)23-17-10-16(12(2)8-14(15)17)24-20(27)13-6-4-5-7-13/h8,10-11,13,15H,3-7,9H2,1-2H3,(H,23,26)(H,24,27)/t15-/m0/s1. The maximum absolute atomic E-state index is 12.5. The Kier molecular flexibility index (Phi) is 4.68. The lowest BCUT2D eigenvalue weighted by molar-refractivity contribution is -0.119. The van der Waals surface area contributed by atoms with E-state index < -0.39 is 0 Å². The lowest BCUT2D eigenvalue weighted by atomic mass is 9.88. The zero-order valence-electron chi connectivity index (χ0n) is 15.8. The number of amides is 2. The second-order valence-electron chi connectivity index (χ2n) is 7.46. The molecule has 0 unspecified atom stereocenters. The number of anilines is 2. The number of aromatic nitrogens is 3. The van der Waals surface area contributed by atoms with Crippen LogP contribution in [0.25, 0.3) is 0 Å². The first-order valence-electron chi connectivity index (χ1n) is 9.69. The molecule has 1 aliphatic heterocycles. The van der Waals surface area contributed by atoms with E-state index in [1.54, 1.807) is 0 Å². The molecule has 1 aliphatic carbocycles. The second kappa shape index (κ2) is 7.13. The molecule has 2 aromatic rings. The second-order valence-corrected chi connectivity index (χ2v) is 7.46. The molecule has 1 aromatic heterocycles. The summed E-state index contributed by atoms with van der Waals surface area (Å²) in [6.07, 6.45) is 6.05. The lowest BCUT2D eigenvalue weighted by Gasteiger charge is -2.27. The summed E-state index contributed by atoms with van der Waals surface area (Å²) in [4.78, 5) is 29.2. The number of hydrogen-bond acceptors (Lipinski definition) is 4. The molecule has 0 bridgehead atoms. The molecule has 4 rings (SSSR count). The van der Waals surface area contributed by atoms with Gasteiger partial charge in [-0.15, -0.1) is 0 Å². The van der Waals surface area contributed by atoms with Crippen LogP contribution >= 0.6 is 0 Å². The maximum Gasteiger partial charge on any atom is 0.227 e. The van der Waals surface area contributed by atoms with Gasteiger partial charge >= 0.3 is 0 Å². The van der Waals surface area contributed by atoms with Gasteiger partial charge in [0.1, 0.15) is 12.2 Å². The highest BCUT2D eigenvalue weighted by atomic mass is 16.2. The molecular formula is C20H25N5O2. The van der Waals surface area contributed by atoms with Crippen molar-refractivity contribution in [2.45, 2.75) is 58.4 Å². The molecule has 27 heavy (non-hydrogen) atoms. The minimum absolute atomic E-state index is 0.0462. The van der Waals surface area contributed by atoms with Crippen LogP contribution in [0.3, 0.4) is 0 Å². The molecule has 0 saturated heterocycles. The van der Waals surface area contributed by atoms with Gasteiger partial charge in [0.2, 0.25) is 11.8 Å². The first-order chi connectivity index (χ1) is 13.1. The van der Waals surface area contributed by atoms with E-state index in [0.717, 1.165) is 54.0 Å². The van der Waals surface area contributed by atoms with E-state index in [9.17, 15) is 9.59 Å². The topological polar surface area (TPSA) is 88.9 Å². The number of rotatable bonds is 4. The molecule has 0 spiro atoms. The van der Waals surface area contributed by atoms with Crippen LogP contribution < -0.4 is 10.6 Å². The van der Waals surface area contributed by atoms with Crippen LogP contribution in [0.4, 0.5) is 11.4 Å². The predicted octanol–water partition coefficient (Wildman–Crippen LogP) is 3.21. The van der Waals surface area contributed by atoms with Gasteiger partial charge in [-0.2, -0.15) is 5.10 Å². The van der Waals surface area contributed by atoms with Crippen molar-refractivity contribution in [2.24, 2.45) is 5.92 Å². The minimum Gasteiger partial charge on any atom is -0.326 e. The molecule has 1 aromatic carbocycles. The van der Waals surface area contributed by atoms with Crippen LogP contribution in [0.1, 0.15) is 61.9 Å². The van der Waals surface area contributed by atoms with Gasteiger partial charge in [-0.25, -0.2) is 9.67 Å². The summed E-state index contributed by atoms with van der Waals surface area (Å²) in [7, 11) is 0. The first kappa shape index (κ1) is 17.7. The Hall–Kier alpha value is -2.70. The van der Waals surface area contributed by atoms with Crippen LogP contribution in [0.5, 0.6) is 0 Å². The molecular weight excluding hydrogens is 342 g/mol. The van der Waals surface area contributed by atoms with E-state index in [1.165, 1.54) is 6.33 Å². The highest BCUT2D eigenvalue weighted by molar-refractivity contribution is 5.98. The average molecular weight is 367 g/mol. The fraction of sp³-hybridized carbons (Fsp3) is 0.500. The molecule has 2 N–H and O–H groups in total. The van der Waals surface area contributed by atoms with Crippen molar-refractivity contribution in [3.63, 3.8) is 0 Å². The Morgan fingerprint density at radius 2 is 2.11 bits per heavy atom. The summed E-state index contributed by atoms with van der Waals surface area (Å²) in [5, 5.41) is 10.3. The molecule has 142 valence electrons. The van der Waals surface area contributed by atoms with Gasteiger partial charge in [-0.05, 0) is 43.9 Å². The molecule has 2 amide bonds. The van der Waals surface area contributed by atoms with Crippen molar-refractivity contribution in [1.82, 2.24) is 14.8 Å². The number of carbonyl (C=O) groups excluding carboxylic acids is 2. The quantitative estimate of drug-likeness (QED) is 0.868. The Morgan fingerprint density at radius 1 is 1.33 bits per heavy atom. The molecule has 0 radical (unpaired) electrons. The van der Waals surface area contributed by atoms with Crippen molar-refractivity contribution in [1.29, 1.82) is 0 Å². The zero-order valence-corrected chi connectivity index (χ0v) is 15.8. The van der Waals surface area contributed by atoms with Crippen LogP contribution in [-0.4, -0.2) is 26.6 Å². The van der Waals surface area contributed by atoms with E-state index in [4.69, 9.17) is 0 Å². The van der Waals surface area contributed by atoms with Gasteiger partial charge in [-0.1, -0.05) is 18.9 Å². The van der Waals surface area contributed by atoms with E-state index in [2.05, 4.69) is 26.8 Å². The number of nitrogens with zero attached hydrogens (tertiary/aromatic N) is 3. The van der Waals surface area contributed by atoms with Gasteiger partial charge in [-0.3, -0.25) is 9.59 Å². The highest BCUT2D eigenvalue weighted by Crippen LogP contribution is 2.39. The maximum atomic E-state index is 12.5. The average Bonchev–Trinajstić information content (AvgIpc) is 3.33. The number of benzene rings is 1. The van der Waals surface area contributed by atoms with E-state index in [0.29, 0.717) is 13.0 Å². The molecule has 7 heteroatoms. The zero-order chi connectivity index (χ0) is 19.0. The van der Waals surface area contributed by atoms with Crippen molar-refractivity contribution in [3.05, 3.63) is 35.4 Å². The minimum atomic E-state index is -0.130. The lowest BCUT2D eigenvalue weighted by Crippen LogP contribution is -2.26. The fourth-order valence-electron chi connectivity index (χ4n) is 4.20. The van der Waals surface area contributed by atoms with E-state index >= 15 is 0 Å². The normalized spacial score (nSPS) is 19.6. The van der Waals surface area contributed by atoms with E-state index in [1.807, 2.05) is 24.6 Å². The Morgan fingerprint density at radius 3 is 2.85 bits per heavy atom. The van der Waals surface area contributed by atoms with Crippen molar-refractivity contribution < 1.29 is 9.59 Å². The Bertz CT molecular complexity index is 882. The third-order valence-corrected chi connectivity index (χ3v) is 5.68. The third-order valence-electron chi connectivity index (χ3n) is 5.68. The summed E-state index contributed by atoms with van der Waals surface area (Å²) in [6.45, 7) is 4.70. The van der Waals surface area contributed by atoms with Crippen LogP contribution in [0, 0.1) is 12.8 Å². The van der Waals surface area contributed by atoms with Gasteiger partial charge in [0.25, 0.3) is 0 Å². The smallest absolute Gasteiger partial charge is 0.227 e. The number of carbonyl (C=O) groups is 2. The molecule has 1 atom stereocenters. The summed E-state index contributed by atoms with van der Waals surface area (Å²) in [5.41, 5.74) is 3.52. The number of nitrogens with one attached hydrogen (secondary N) is 2. The van der Waals surface area contributed by atoms with Crippen LogP contribution in [-0.2, 0) is 16.1 Å². The molecule has 7 nitrogen and oxygen atoms in total. The third kappa shape index (κ3) is 3.34. The highest BCUT2D eigenvalue weighted by Gasteiger charge is 2.31. The number of aryl methyl sites for hydroxylation is 2. The van der Waals surface area contributed by atoms with Crippen LogP contribution in [0.2, 0.25) is 0 Å². The molecule has 1 fully saturated rings. The molecule has 2 aliphatic rings. The van der Waals surface area contributed by atoms with Crippen molar-refractivity contribution in [3.8, 4) is 0 Å². The Balaban J connectivity index is 1.67. The molecule has 1 saturated carbocycles.